The molecular weight excluding hydrogens is 520 g/mol. The van der Waals surface area contributed by atoms with Crippen LogP contribution in [-0.4, -0.2) is 44.8 Å². The zero-order valence-electron chi connectivity index (χ0n) is 23.7. The Balaban J connectivity index is 1.31. The molecule has 4 aromatic rings. The lowest BCUT2D eigenvalue weighted by Gasteiger charge is -2.26. The SMILES string of the molecule is COCc1nocc1C(=O)N[C@H](C(=O)c1ccc(Nc2ccc(-c3c(C)cnn3C)cn2)cc1)C1CCCCCC1. The fourth-order valence-electron chi connectivity index (χ4n) is 5.56. The van der Waals surface area contributed by atoms with Crippen molar-refractivity contribution in [3.05, 3.63) is 77.4 Å². The Morgan fingerprint density at radius 1 is 1.07 bits per heavy atom. The lowest BCUT2D eigenvalue weighted by atomic mass is 9.86. The van der Waals surface area contributed by atoms with Gasteiger partial charge in [0.2, 0.25) is 0 Å². The summed E-state index contributed by atoms with van der Waals surface area (Å²) >= 11 is 0. The highest BCUT2D eigenvalue weighted by Crippen LogP contribution is 2.29. The van der Waals surface area contributed by atoms with E-state index in [1.165, 1.54) is 13.4 Å². The molecule has 3 aromatic heterocycles. The minimum absolute atomic E-state index is 0.0586. The molecule has 5 rings (SSSR count). The van der Waals surface area contributed by atoms with Gasteiger partial charge in [-0.2, -0.15) is 5.10 Å². The predicted molar refractivity (Wildman–Crippen MR) is 155 cm³/mol. The minimum Gasteiger partial charge on any atom is -0.378 e. The van der Waals surface area contributed by atoms with E-state index in [4.69, 9.17) is 9.26 Å². The summed E-state index contributed by atoms with van der Waals surface area (Å²) in [5.41, 5.74) is 5.15. The van der Waals surface area contributed by atoms with E-state index in [0.717, 1.165) is 61.0 Å². The minimum atomic E-state index is -0.644. The molecule has 41 heavy (non-hydrogen) atoms. The van der Waals surface area contributed by atoms with Gasteiger partial charge in [-0.15, -0.1) is 0 Å². The first-order chi connectivity index (χ1) is 19.9. The van der Waals surface area contributed by atoms with Crippen molar-refractivity contribution in [3.8, 4) is 11.3 Å². The van der Waals surface area contributed by atoms with Crippen molar-refractivity contribution in [2.45, 2.75) is 58.1 Å². The van der Waals surface area contributed by atoms with Gasteiger partial charge in [0.15, 0.2) is 5.78 Å². The third kappa shape index (κ3) is 6.54. The van der Waals surface area contributed by atoms with E-state index in [9.17, 15) is 9.59 Å². The van der Waals surface area contributed by atoms with Crippen molar-refractivity contribution in [3.63, 3.8) is 0 Å². The second-order valence-corrected chi connectivity index (χ2v) is 10.6. The molecule has 0 spiro atoms. The normalized spacial score (nSPS) is 14.8. The summed E-state index contributed by atoms with van der Waals surface area (Å²) in [4.78, 5) is 31.6. The fraction of sp³-hybridized carbons (Fsp3) is 0.387. The lowest BCUT2D eigenvalue weighted by molar-refractivity contribution is 0.0811. The number of aromatic nitrogens is 4. The lowest BCUT2D eigenvalue weighted by Crippen LogP contribution is -2.46. The number of amides is 1. The van der Waals surface area contributed by atoms with Crippen LogP contribution in [-0.2, 0) is 18.4 Å². The summed E-state index contributed by atoms with van der Waals surface area (Å²) in [7, 11) is 3.44. The Hall–Kier alpha value is -4.31. The van der Waals surface area contributed by atoms with Crippen molar-refractivity contribution >= 4 is 23.2 Å². The Kier molecular flexibility index (Phi) is 8.88. The number of carbonyl (C=O) groups is 2. The standard InChI is InChI=1S/C31H36N6O4/c1-20-16-33-37(2)29(20)23-12-15-27(32-17-23)34-24-13-10-22(11-14-24)30(38)28(21-8-6-4-5-7-9-21)35-31(39)25-18-41-36-26(25)19-40-3/h10-18,21,28H,4-9,19H2,1-3H3,(H,32,34)(H,35,39)/t28-/m0/s1. The summed E-state index contributed by atoms with van der Waals surface area (Å²) in [5, 5.41) is 14.5. The van der Waals surface area contributed by atoms with E-state index in [2.05, 4.69) is 25.9 Å². The molecule has 1 saturated carbocycles. The first-order valence-corrected chi connectivity index (χ1v) is 14.0. The summed E-state index contributed by atoms with van der Waals surface area (Å²) < 4.78 is 12.0. The first kappa shape index (κ1) is 28.2. The van der Waals surface area contributed by atoms with Gasteiger partial charge in [-0.25, -0.2) is 4.98 Å². The zero-order valence-corrected chi connectivity index (χ0v) is 23.7. The molecule has 214 valence electrons. The van der Waals surface area contributed by atoms with Gasteiger partial charge in [0.25, 0.3) is 5.91 Å². The number of Topliss-reactive ketones (excluding diaryl/α,β-unsaturated/α-hetero) is 1. The van der Waals surface area contributed by atoms with Crippen LogP contribution in [0.15, 0.2) is 59.6 Å². The molecule has 3 heterocycles. The van der Waals surface area contributed by atoms with Gasteiger partial charge in [0, 0.05) is 37.2 Å². The second kappa shape index (κ2) is 12.9. The van der Waals surface area contributed by atoms with Crippen LogP contribution in [0.2, 0.25) is 0 Å². The third-order valence-electron chi connectivity index (χ3n) is 7.71. The summed E-state index contributed by atoms with van der Waals surface area (Å²) in [6.45, 7) is 2.17. The average molecular weight is 557 g/mol. The van der Waals surface area contributed by atoms with E-state index in [1.54, 1.807) is 12.1 Å². The molecule has 1 aliphatic carbocycles. The molecule has 0 bridgehead atoms. The Morgan fingerprint density at radius 3 is 2.46 bits per heavy atom. The van der Waals surface area contributed by atoms with Crippen LogP contribution in [0.25, 0.3) is 11.3 Å². The monoisotopic (exact) mass is 556 g/mol. The van der Waals surface area contributed by atoms with Crippen LogP contribution in [0.1, 0.15) is 70.5 Å². The Morgan fingerprint density at radius 2 is 1.83 bits per heavy atom. The molecule has 10 heteroatoms. The highest BCUT2D eigenvalue weighted by atomic mass is 16.5. The van der Waals surface area contributed by atoms with Crippen molar-refractivity contribution in [1.82, 2.24) is 25.2 Å². The number of carbonyl (C=O) groups excluding carboxylic acids is 2. The van der Waals surface area contributed by atoms with E-state index in [1.807, 2.05) is 55.3 Å². The van der Waals surface area contributed by atoms with Gasteiger partial charge in [-0.05, 0) is 67.6 Å². The Bertz CT molecular complexity index is 1450. The molecule has 2 N–H and O–H groups in total. The number of hydrogen-bond donors (Lipinski definition) is 2. The molecule has 1 fully saturated rings. The third-order valence-corrected chi connectivity index (χ3v) is 7.71. The number of ketones is 1. The Labute approximate surface area is 239 Å². The van der Waals surface area contributed by atoms with Crippen molar-refractivity contribution in [2.24, 2.45) is 13.0 Å². The highest BCUT2D eigenvalue weighted by Gasteiger charge is 2.32. The number of pyridine rings is 1. The van der Waals surface area contributed by atoms with Gasteiger partial charge in [-0.3, -0.25) is 14.3 Å². The molecule has 0 unspecified atom stereocenters. The second-order valence-electron chi connectivity index (χ2n) is 10.6. The van der Waals surface area contributed by atoms with Gasteiger partial charge in [0.1, 0.15) is 23.3 Å². The van der Waals surface area contributed by atoms with Gasteiger partial charge < -0.3 is 19.9 Å². The maximum atomic E-state index is 13.8. The van der Waals surface area contributed by atoms with Crippen LogP contribution in [0.5, 0.6) is 0 Å². The van der Waals surface area contributed by atoms with Gasteiger partial charge in [0.05, 0.1) is 24.5 Å². The largest absolute Gasteiger partial charge is 0.378 e. The van der Waals surface area contributed by atoms with Crippen molar-refractivity contribution in [1.29, 1.82) is 0 Å². The van der Waals surface area contributed by atoms with Crippen LogP contribution < -0.4 is 10.6 Å². The number of aryl methyl sites for hydroxylation is 2. The molecule has 0 saturated heterocycles. The van der Waals surface area contributed by atoms with Crippen molar-refractivity contribution in [2.75, 3.05) is 12.4 Å². The molecule has 0 radical (unpaired) electrons. The fourth-order valence-corrected chi connectivity index (χ4v) is 5.56. The molecule has 1 amide bonds. The highest BCUT2D eigenvalue weighted by molar-refractivity contribution is 6.04. The van der Waals surface area contributed by atoms with Crippen LogP contribution in [0, 0.1) is 12.8 Å². The number of methoxy groups -OCH3 is 1. The van der Waals surface area contributed by atoms with E-state index in [-0.39, 0.29) is 29.8 Å². The van der Waals surface area contributed by atoms with E-state index < -0.39 is 6.04 Å². The molecule has 0 aliphatic heterocycles. The average Bonchev–Trinajstić information content (AvgIpc) is 3.47. The summed E-state index contributed by atoms with van der Waals surface area (Å²) in [6, 6.07) is 10.6. The molecular formula is C31H36N6O4. The molecule has 1 atom stereocenters. The number of benzene rings is 1. The smallest absolute Gasteiger partial charge is 0.257 e. The number of nitrogens with zero attached hydrogens (tertiary/aromatic N) is 4. The number of anilines is 2. The number of hydrogen-bond acceptors (Lipinski definition) is 8. The summed E-state index contributed by atoms with van der Waals surface area (Å²) in [6.07, 6.45) is 11.1. The number of ether oxygens (including phenoxy) is 1. The zero-order chi connectivity index (χ0) is 28.8. The van der Waals surface area contributed by atoms with E-state index >= 15 is 0 Å². The van der Waals surface area contributed by atoms with Crippen LogP contribution >= 0.6 is 0 Å². The molecule has 1 aliphatic rings. The van der Waals surface area contributed by atoms with E-state index in [0.29, 0.717) is 17.1 Å². The molecule has 1 aromatic carbocycles. The number of nitrogens with one attached hydrogen (secondary N) is 2. The van der Waals surface area contributed by atoms with Crippen LogP contribution in [0.3, 0.4) is 0 Å². The van der Waals surface area contributed by atoms with Crippen molar-refractivity contribution < 1.29 is 18.8 Å². The van der Waals surface area contributed by atoms with Gasteiger partial charge >= 0.3 is 0 Å². The maximum absolute atomic E-state index is 13.8. The number of rotatable bonds is 10. The van der Waals surface area contributed by atoms with Crippen LogP contribution in [0.4, 0.5) is 11.5 Å². The maximum Gasteiger partial charge on any atom is 0.257 e. The quantitative estimate of drug-likeness (QED) is 0.191. The topological polar surface area (TPSA) is 124 Å². The predicted octanol–water partition coefficient (Wildman–Crippen LogP) is 5.62. The summed E-state index contributed by atoms with van der Waals surface area (Å²) in [5.74, 6) is 0.269. The van der Waals surface area contributed by atoms with Gasteiger partial charge in [-0.1, -0.05) is 30.8 Å². The first-order valence-electron chi connectivity index (χ1n) is 14.0. The molecule has 10 nitrogen and oxygen atoms in total.